The van der Waals surface area contributed by atoms with Crippen LogP contribution < -0.4 is 10.5 Å². The molecule has 0 saturated heterocycles. The van der Waals surface area contributed by atoms with E-state index in [2.05, 4.69) is 29.7 Å². The smallest absolute Gasteiger partial charge is 0.141 e. The fourth-order valence-corrected chi connectivity index (χ4v) is 2.61. The number of hydrogen-bond donors (Lipinski definition) is 1. The third-order valence-electron chi connectivity index (χ3n) is 3.69. The Kier molecular flexibility index (Phi) is 3.62. The van der Waals surface area contributed by atoms with Gasteiger partial charge in [0.1, 0.15) is 11.6 Å². The van der Waals surface area contributed by atoms with Crippen molar-refractivity contribution in [2.75, 3.05) is 7.11 Å². The van der Waals surface area contributed by atoms with Gasteiger partial charge in [0.15, 0.2) is 0 Å². The van der Waals surface area contributed by atoms with Gasteiger partial charge in [-0.25, -0.2) is 4.98 Å². The molecule has 108 valence electrons. The minimum Gasteiger partial charge on any atom is -0.497 e. The number of aryl methyl sites for hydroxylation is 1. The van der Waals surface area contributed by atoms with Crippen molar-refractivity contribution in [2.45, 2.75) is 20.0 Å². The number of nitrogens with two attached hydrogens (primary N) is 1. The van der Waals surface area contributed by atoms with Gasteiger partial charge in [-0.3, -0.25) is 0 Å². The summed E-state index contributed by atoms with van der Waals surface area (Å²) in [4.78, 5) is 4.78. The fourth-order valence-electron chi connectivity index (χ4n) is 2.61. The molecule has 0 spiro atoms. The lowest BCUT2D eigenvalue weighted by molar-refractivity contribution is 0.415. The molecule has 1 heterocycles. The summed E-state index contributed by atoms with van der Waals surface area (Å²) in [5.41, 5.74) is 10.0. The molecule has 21 heavy (non-hydrogen) atoms. The summed E-state index contributed by atoms with van der Waals surface area (Å²) in [5.74, 6) is 1.79. The van der Waals surface area contributed by atoms with E-state index >= 15 is 0 Å². The third kappa shape index (κ3) is 2.38. The predicted molar refractivity (Wildman–Crippen MR) is 85.3 cm³/mol. The van der Waals surface area contributed by atoms with Crippen LogP contribution in [0.1, 0.15) is 12.5 Å². The zero-order chi connectivity index (χ0) is 14.8. The Bertz CT molecular complexity index is 777. The summed E-state index contributed by atoms with van der Waals surface area (Å²) < 4.78 is 7.49. The number of ether oxygens (including phenoxy) is 1. The van der Waals surface area contributed by atoms with E-state index in [-0.39, 0.29) is 0 Å². The highest BCUT2D eigenvalue weighted by Gasteiger charge is 2.12. The van der Waals surface area contributed by atoms with E-state index in [0.29, 0.717) is 6.54 Å². The highest BCUT2D eigenvalue weighted by Crippen LogP contribution is 2.27. The zero-order valence-electron chi connectivity index (χ0n) is 12.3. The second-order valence-electron chi connectivity index (χ2n) is 4.94. The van der Waals surface area contributed by atoms with Gasteiger partial charge in [0.05, 0.1) is 18.1 Å². The molecular weight excluding hydrogens is 262 g/mol. The van der Waals surface area contributed by atoms with Gasteiger partial charge in [0, 0.05) is 24.7 Å². The van der Waals surface area contributed by atoms with E-state index in [1.54, 1.807) is 7.11 Å². The molecule has 0 aliphatic heterocycles. The molecule has 3 rings (SSSR count). The van der Waals surface area contributed by atoms with E-state index in [4.69, 9.17) is 15.5 Å². The quantitative estimate of drug-likeness (QED) is 0.799. The molecule has 2 N–H and O–H groups in total. The molecule has 0 aliphatic rings. The van der Waals surface area contributed by atoms with Gasteiger partial charge in [-0.05, 0) is 30.7 Å². The summed E-state index contributed by atoms with van der Waals surface area (Å²) in [6.45, 7) is 3.53. The molecule has 1 aromatic heterocycles. The molecule has 0 fully saturated rings. The van der Waals surface area contributed by atoms with Crippen molar-refractivity contribution in [1.29, 1.82) is 0 Å². The molecule has 0 unspecified atom stereocenters. The Labute approximate surface area is 124 Å². The lowest BCUT2D eigenvalue weighted by Gasteiger charge is -2.07. The number of imidazole rings is 1. The fraction of sp³-hybridized carbons (Fsp3) is 0.235. The van der Waals surface area contributed by atoms with Crippen molar-refractivity contribution in [2.24, 2.45) is 5.73 Å². The molecule has 0 radical (unpaired) electrons. The van der Waals surface area contributed by atoms with Crippen molar-refractivity contribution in [3.63, 3.8) is 0 Å². The van der Waals surface area contributed by atoms with Gasteiger partial charge >= 0.3 is 0 Å². The van der Waals surface area contributed by atoms with Crippen LogP contribution in [0.3, 0.4) is 0 Å². The third-order valence-corrected chi connectivity index (χ3v) is 3.69. The topological polar surface area (TPSA) is 53.1 Å². The molecule has 0 saturated carbocycles. The van der Waals surface area contributed by atoms with Crippen molar-refractivity contribution >= 4 is 11.0 Å². The number of nitrogens with zero attached hydrogens (tertiary/aromatic N) is 2. The summed E-state index contributed by atoms with van der Waals surface area (Å²) in [6.07, 6.45) is 0. The Hall–Kier alpha value is -2.33. The molecule has 0 amide bonds. The Morgan fingerprint density at radius 1 is 1.19 bits per heavy atom. The zero-order valence-corrected chi connectivity index (χ0v) is 12.3. The summed E-state index contributed by atoms with van der Waals surface area (Å²) in [6, 6.07) is 14.2. The summed E-state index contributed by atoms with van der Waals surface area (Å²) in [7, 11) is 1.67. The first kappa shape index (κ1) is 13.6. The van der Waals surface area contributed by atoms with Crippen LogP contribution in [0.5, 0.6) is 5.75 Å². The lowest BCUT2D eigenvalue weighted by Crippen LogP contribution is -1.99. The van der Waals surface area contributed by atoms with Crippen LogP contribution >= 0.6 is 0 Å². The second kappa shape index (κ2) is 5.58. The highest BCUT2D eigenvalue weighted by molar-refractivity contribution is 5.82. The maximum Gasteiger partial charge on any atom is 0.141 e. The van der Waals surface area contributed by atoms with E-state index in [1.807, 2.05) is 24.3 Å². The van der Waals surface area contributed by atoms with Crippen LogP contribution in [-0.2, 0) is 13.1 Å². The van der Waals surface area contributed by atoms with Crippen LogP contribution in [0.2, 0.25) is 0 Å². The Balaban J connectivity index is 2.21. The first-order valence-electron chi connectivity index (χ1n) is 7.10. The van der Waals surface area contributed by atoms with Gasteiger partial charge in [0.2, 0.25) is 0 Å². The minimum absolute atomic E-state index is 0.536. The molecule has 4 heteroatoms. The number of rotatable bonds is 4. The number of hydrogen-bond acceptors (Lipinski definition) is 3. The number of aromatic nitrogens is 2. The van der Waals surface area contributed by atoms with Crippen molar-refractivity contribution in [3.05, 3.63) is 48.0 Å². The number of fused-ring (bicyclic) bond motifs is 1. The molecular formula is C17H19N3O. The molecule has 0 aliphatic carbocycles. The SMILES string of the molecule is CCn1c(-c2cccc(CN)c2)nc2cc(OC)ccc21. The minimum atomic E-state index is 0.536. The van der Waals surface area contributed by atoms with Crippen LogP contribution in [0.25, 0.3) is 22.4 Å². The first-order valence-corrected chi connectivity index (χ1v) is 7.10. The standard InChI is InChI=1S/C17H19N3O/c1-3-20-16-8-7-14(21-2)10-15(16)19-17(20)13-6-4-5-12(9-13)11-18/h4-10H,3,11,18H2,1-2H3. The molecule has 3 aromatic rings. The maximum atomic E-state index is 5.74. The van der Waals surface area contributed by atoms with E-state index < -0.39 is 0 Å². The normalized spacial score (nSPS) is 11.0. The number of benzene rings is 2. The van der Waals surface area contributed by atoms with Crippen LogP contribution in [0.4, 0.5) is 0 Å². The predicted octanol–water partition coefficient (Wildman–Crippen LogP) is 3.19. The van der Waals surface area contributed by atoms with Crippen molar-refractivity contribution in [3.8, 4) is 17.1 Å². The highest BCUT2D eigenvalue weighted by atomic mass is 16.5. The van der Waals surface area contributed by atoms with Gasteiger partial charge in [-0.1, -0.05) is 18.2 Å². The van der Waals surface area contributed by atoms with Gasteiger partial charge in [0.25, 0.3) is 0 Å². The van der Waals surface area contributed by atoms with Crippen LogP contribution in [-0.4, -0.2) is 16.7 Å². The Morgan fingerprint density at radius 3 is 2.76 bits per heavy atom. The summed E-state index contributed by atoms with van der Waals surface area (Å²) >= 11 is 0. The van der Waals surface area contributed by atoms with Gasteiger partial charge in [-0.15, -0.1) is 0 Å². The molecule has 2 aromatic carbocycles. The van der Waals surface area contributed by atoms with Gasteiger partial charge < -0.3 is 15.0 Å². The van der Waals surface area contributed by atoms with E-state index in [1.165, 1.54) is 0 Å². The largest absolute Gasteiger partial charge is 0.497 e. The van der Waals surface area contributed by atoms with Crippen LogP contribution in [0.15, 0.2) is 42.5 Å². The van der Waals surface area contributed by atoms with E-state index in [0.717, 1.165) is 40.3 Å². The molecule has 4 nitrogen and oxygen atoms in total. The Morgan fingerprint density at radius 2 is 2.05 bits per heavy atom. The van der Waals surface area contributed by atoms with Crippen molar-refractivity contribution < 1.29 is 4.74 Å². The average molecular weight is 281 g/mol. The molecule has 0 bridgehead atoms. The first-order chi connectivity index (χ1) is 10.3. The average Bonchev–Trinajstić information content (AvgIpc) is 2.92. The number of methoxy groups -OCH3 is 1. The monoisotopic (exact) mass is 281 g/mol. The van der Waals surface area contributed by atoms with Crippen molar-refractivity contribution in [1.82, 2.24) is 9.55 Å². The maximum absolute atomic E-state index is 5.74. The second-order valence-corrected chi connectivity index (χ2v) is 4.94. The molecule has 0 atom stereocenters. The lowest BCUT2D eigenvalue weighted by atomic mass is 10.1. The van der Waals surface area contributed by atoms with Gasteiger partial charge in [-0.2, -0.15) is 0 Å². The van der Waals surface area contributed by atoms with E-state index in [9.17, 15) is 0 Å². The van der Waals surface area contributed by atoms with Crippen LogP contribution in [0, 0.1) is 0 Å². The summed E-state index contributed by atoms with van der Waals surface area (Å²) in [5, 5.41) is 0.